The van der Waals surface area contributed by atoms with Crippen molar-refractivity contribution in [2.45, 2.75) is 37.5 Å². The van der Waals surface area contributed by atoms with Crippen molar-refractivity contribution >= 4 is 24.1 Å². The van der Waals surface area contributed by atoms with Gasteiger partial charge in [-0.2, -0.15) is 0 Å². The topological polar surface area (TPSA) is 147 Å². The first-order valence-electron chi connectivity index (χ1n) is 7.29. The third-order valence-electron chi connectivity index (χ3n) is 4.08. The average Bonchev–Trinajstić information content (AvgIpc) is 2.86. The maximum atomic E-state index is 11.4. The maximum Gasteiger partial charge on any atom is 0.373 e. The lowest BCUT2D eigenvalue weighted by molar-refractivity contribution is -0.530. The number of β-amino-alcohol motifs (C(OH)–C–C–N with tert-alkyl or cyclic N) is 1. The summed E-state index contributed by atoms with van der Waals surface area (Å²) in [6.45, 7) is 1.52. The van der Waals surface area contributed by atoms with Gasteiger partial charge in [0.2, 0.25) is 0 Å². The lowest BCUT2D eigenvalue weighted by Gasteiger charge is -2.31. The Morgan fingerprint density at radius 3 is 2.54 bits per heavy atom. The van der Waals surface area contributed by atoms with E-state index in [1.165, 1.54) is 29.9 Å². The number of hydrogen-bond donors (Lipinski definition) is 5. The highest BCUT2D eigenvalue weighted by Crippen LogP contribution is 2.25. The van der Waals surface area contributed by atoms with Crippen LogP contribution in [0, 0.1) is 0 Å². The van der Waals surface area contributed by atoms with Gasteiger partial charge in [0.05, 0.1) is 6.42 Å². The summed E-state index contributed by atoms with van der Waals surface area (Å²) in [7, 11) is 0. The first-order chi connectivity index (χ1) is 11.1. The Labute approximate surface area is 137 Å². The van der Waals surface area contributed by atoms with Gasteiger partial charge in [0.25, 0.3) is 6.04 Å². The molecular weight excluding hydrogens is 320 g/mol. The van der Waals surface area contributed by atoms with Gasteiger partial charge in [0.1, 0.15) is 17.3 Å². The summed E-state index contributed by atoms with van der Waals surface area (Å²) in [6.07, 6.45) is 3.62. The van der Waals surface area contributed by atoms with E-state index in [0.717, 1.165) is 0 Å². The van der Waals surface area contributed by atoms with Crippen molar-refractivity contribution in [3.63, 3.8) is 0 Å². The van der Waals surface area contributed by atoms with Crippen LogP contribution in [0.25, 0.3) is 0 Å². The Bertz CT molecular complexity index is 679. The predicted molar refractivity (Wildman–Crippen MR) is 80.8 cm³/mol. The highest BCUT2D eigenvalue weighted by molar-refractivity contribution is 5.91. The summed E-state index contributed by atoms with van der Waals surface area (Å²) in [5.74, 6) is -3.54. The van der Waals surface area contributed by atoms with Crippen LogP contribution in [-0.4, -0.2) is 73.4 Å². The molecule has 0 saturated carbocycles. The molecule has 3 atom stereocenters. The zero-order valence-electron chi connectivity index (χ0n) is 13.0. The standard InChI is InChI=1S/C15H18N2O7/c1-15(14(23)24)6-8(4-10(16-15)12(19)20)2-3-17-7-9(18)5-11(17)13(21)22/h2-4,9,11,18H,5-7H2,1H3,(H3,19,20,21,22,23,24)/p+1/t9?,11-,15-/m0/s1. The molecule has 0 bridgehead atoms. The van der Waals surface area contributed by atoms with E-state index in [2.05, 4.69) is 5.32 Å². The van der Waals surface area contributed by atoms with Gasteiger partial charge in [-0.3, -0.25) is 0 Å². The molecule has 24 heavy (non-hydrogen) atoms. The van der Waals surface area contributed by atoms with Gasteiger partial charge >= 0.3 is 17.9 Å². The molecule has 0 spiro atoms. The molecule has 2 aliphatic heterocycles. The van der Waals surface area contributed by atoms with Crippen LogP contribution in [0.1, 0.15) is 19.8 Å². The summed E-state index contributed by atoms with van der Waals surface area (Å²) < 4.78 is 1.44. The highest BCUT2D eigenvalue weighted by atomic mass is 16.4. The third kappa shape index (κ3) is 3.62. The van der Waals surface area contributed by atoms with Gasteiger partial charge < -0.3 is 25.7 Å². The minimum absolute atomic E-state index is 0.0315. The molecule has 0 radical (unpaired) electrons. The van der Waals surface area contributed by atoms with E-state index in [9.17, 15) is 24.6 Å². The lowest BCUT2D eigenvalue weighted by atomic mass is 9.88. The van der Waals surface area contributed by atoms with Gasteiger partial charge in [-0.25, -0.2) is 19.0 Å². The third-order valence-corrected chi connectivity index (χ3v) is 4.08. The molecule has 0 amide bonds. The summed E-state index contributed by atoms with van der Waals surface area (Å²) >= 11 is 0. The Morgan fingerprint density at radius 1 is 1.33 bits per heavy atom. The number of nitrogens with one attached hydrogen (secondary N) is 1. The molecule has 1 fully saturated rings. The number of hydrogen-bond acceptors (Lipinski definition) is 5. The number of aliphatic hydroxyl groups excluding tert-OH is 1. The number of rotatable bonds is 4. The Balaban J connectivity index is 2.35. The van der Waals surface area contributed by atoms with Gasteiger partial charge in [0.15, 0.2) is 12.8 Å². The minimum atomic E-state index is -1.47. The second-order valence-electron chi connectivity index (χ2n) is 6.13. The first kappa shape index (κ1) is 17.7. The van der Waals surface area contributed by atoms with Crippen molar-refractivity contribution in [1.82, 2.24) is 5.32 Å². The molecule has 0 aromatic rings. The number of nitrogens with zero attached hydrogens (tertiary/aromatic N) is 1. The normalized spacial score (nSPS) is 33.2. The molecule has 5 N–H and O–H groups in total. The quantitative estimate of drug-likeness (QED) is 0.411. The smallest absolute Gasteiger partial charge is 0.373 e. The number of carboxylic acid groups (broad SMARTS) is 3. The number of aliphatic hydroxyl groups is 1. The van der Waals surface area contributed by atoms with Crippen molar-refractivity contribution in [1.29, 1.82) is 0 Å². The van der Waals surface area contributed by atoms with E-state index in [4.69, 9.17) is 10.2 Å². The fraction of sp³-hybridized carbons (Fsp3) is 0.467. The lowest BCUT2D eigenvalue weighted by Crippen LogP contribution is -2.52. The molecule has 2 rings (SSSR count). The van der Waals surface area contributed by atoms with Gasteiger partial charge in [-0.1, -0.05) is 0 Å². The first-order valence-corrected chi connectivity index (χ1v) is 7.29. The molecule has 0 aromatic heterocycles. The van der Waals surface area contributed by atoms with E-state index in [0.29, 0.717) is 5.57 Å². The predicted octanol–water partition coefficient (Wildman–Crippen LogP) is -0.981. The van der Waals surface area contributed by atoms with E-state index < -0.39 is 35.6 Å². The Morgan fingerprint density at radius 2 is 2.00 bits per heavy atom. The van der Waals surface area contributed by atoms with E-state index in [1.807, 2.05) is 0 Å². The zero-order chi connectivity index (χ0) is 18.1. The molecule has 2 heterocycles. The maximum absolute atomic E-state index is 11.4. The molecular formula is C15H19N2O7+. The summed E-state index contributed by atoms with van der Waals surface area (Å²) in [5, 5.41) is 39.6. The largest absolute Gasteiger partial charge is 0.480 e. The van der Waals surface area contributed by atoms with Crippen LogP contribution in [0.3, 0.4) is 0 Å². The zero-order valence-corrected chi connectivity index (χ0v) is 13.0. The molecule has 1 saturated heterocycles. The molecule has 1 unspecified atom stereocenters. The Hall–Kier alpha value is -2.68. The monoisotopic (exact) mass is 339 g/mol. The highest BCUT2D eigenvalue weighted by Gasteiger charge is 2.41. The van der Waals surface area contributed by atoms with Crippen LogP contribution in [0.2, 0.25) is 0 Å². The fourth-order valence-electron chi connectivity index (χ4n) is 2.81. The van der Waals surface area contributed by atoms with Crippen LogP contribution in [0.5, 0.6) is 0 Å². The van der Waals surface area contributed by atoms with E-state index in [-0.39, 0.29) is 25.1 Å². The molecule has 2 aliphatic rings. The average molecular weight is 339 g/mol. The summed E-state index contributed by atoms with van der Waals surface area (Å²) in [4.78, 5) is 33.7. The van der Waals surface area contributed by atoms with E-state index >= 15 is 0 Å². The molecule has 0 aromatic carbocycles. The minimum Gasteiger partial charge on any atom is -0.480 e. The van der Waals surface area contributed by atoms with Crippen LogP contribution in [0.15, 0.2) is 23.4 Å². The number of carboxylic acids is 3. The van der Waals surface area contributed by atoms with Crippen molar-refractivity contribution in [3.8, 4) is 0 Å². The van der Waals surface area contributed by atoms with Crippen LogP contribution in [-0.2, 0) is 14.4 Å². The fourth-order valence-corrected chi connectivity index (χ4v) is 2.81. The van der Waals surface area contributed by atoms with Crippen LogP contribution in [0.4, 0.5) is 0 Å². The SMILES string of the molecule is C[C@@]1(C(=O)O)CC(=CC=[N+]2CC(O)C[C@H]2C(=O)O)C=C(C(=O)O)N1. The van der Waals surface area contributed by atoms with E-state index in [1.54, 1.807) is 0 Å². The van der Waals surface area contributed by atoms with Crippen molar-refractivity contribution in [3.05, 3.63) is 23.4 Å². The van der Waals surface area contributed by atoms with Gasteiger partial charge in [0, 0.05) is 12.5 Å². The Kier molecular flexibility index (Phi) is 4.74. The van der Waals surface area contributed by atoms with Crippen LogP contribution >= 0.6 is 0 Å². The molecule has 0 aliphatic carbocycles. The summed E-state index contributed by atoms with van der Waals surface area (Å²) in [6, 6.07) is -0.868. The van der Waals surface area contributed by atoms with Crippen molar-refractivity contribution in [2.75, 3.05) is 6.54 Å². The number of carbonyl (C=O) groups is 3. The van der Waals surface area contributed by atoms with Crippen molar-refractivity contribution < 1.29 is 39.4 Å². The van der Waals surface area contributed by atoms with Gasteiger partial charge in [-0.15, -0.1) is 0 Å². The molecule has 130 valence electrons. The van der Waals surface area contributed by atoms with Crippen molar-refractivity contribution in [2.24, 2.45) is 0 Å². The molecule has 9 heteroatoms. The molecule has 9 nitrogen and oxygen atoms in total. The summed E-state index contributed by atoms with van der Waals surface area (Å²) in [5.41, 5.74) is -1.29. The number of allylic oxidation sites excluding steroid dienone is 2. The van der Waals surface area contributed by atoms with Gasteiger partial charge in [-0.05, 0) is 18.6 Å². The second kappa shape index (κ2) is 6.44. The second-order valence-corrected chi connectivity index (χ2v) is 6.13. The van der Waals surface area contributed by atoms with Crippen LogP contribution < -0.4 is 5.32 Å². The number of aliphatic carboxylic acids is 3.